The van der Waals surface area contributed by atoms with E-state index in [0.29, 0.717) is 5.41 Å². The summed E-state index contributed by atoms with van der Waals surface area (Å²) in [4.78, 5) is 2.71. The van der Waals surface area contributed by atoms with E-state index in [0.717, 1.165) is 25.0 Å². The predicted octanol–water partition coefficient (Wildman–Crippen LogP) is 3.40. The molecule has 2 N–H and O–H groups in total. The molecular weight excluding hydrogens is 208 g/mol. The van der Waals surface area contributed by atoms with Crippen LogP contribution >= 0.6 is 0 Å². The molecule has 1 fully saturated rings. The Morgan fingerprint density at radius 3 is 2.24 bits per heavy atom. The molecule has 0 spiro atoms. The highest BCUT2D eigenvalue weighted by atomic mass is 15.2. The molecule has 0 aromatic rings. The Bertz CT molecular complexity index is 203. The highest BCUT2D eigenvalue weighted by Gasteiger charge is 2.25. The van der Waals surface area contributed by atoms with E-state index in [1.807, 2.05) is 0 Å². The van der Waals surface area contributed by atoms with Gasteiger partial charge in [-0.25, -0.2) is 0 Å². The predicted molar refractivity (Wildman–Crippen MR) is 76.2 cm³/mol. The van der Waals surface area contributed by atoms with E-state index in [-0.39, 0.29) is 0 Å². The van der Waals surface area contributed by atoms with Crippen molar-refractivity contribution in [3.8, 4) is 0 Å². The van der Waals surface area contributed by atoms with Gasteiger partial charge in [-0.2, -0.15) is 0 Å². The molecule has 17 heavy (non-hydrogen) atoms. The van der Waals surface area contributed by atoms with E-state index in [4.69, 9.17) is 5.73 Å². The van der Waals surface area contributed by atoms with Crippen molar-refractivity contribution in [2.75, 3.05) is 13.1 Å². The molecule has 0 aliphatic carbocycles. The van der Waals surface area contributed by atoms with Crippen molar-refractivity contribution in [1.82, 2.24) is 4.90 Å². The van der Waals surface area contributed by atoms with Crippen molar-refractivity contribution in [2.45, 2.75) is 78.3 Å². The highest BCUT2D eigenvalue weighted by Crippen LogP contribution is 2.28. The fourth-order valence-electron chi connectivity index (χ4n) is 3.17. The SMILES string of the molecule is CC1CCCC(C)N1CCCC(C)(C)CCN. The molecule has 0 saturated carbocycles. The minimum absolute atomic E-state index is 0.428. The third-order valence-electron chi connectivity index (χ3n) is 4.47. The van der Waals surface area contributed by atoms with Gasteiger partial charge in [-0.05, 0) is 64.5 Å². The first-order valence-corrected chi connectivity index (χ1v) is 7.42. The third kappa shape index (κ3) is 4.97. The van der Waals surface area contributed by atoms with Gasteiger partial charge < -0.3 is 5.73 Å². The van der Waals surface area contributed by atoms with Gasteiger partial charge in [0.05, 0.1) is 0 Å². The maximum Gasteiger partial charge on any atom is 0.00697 e. The summed E-state index contributed by atoms with van der Waals surface area (Å²) < 4.78 is 0. The topological polar surface area (TPSA) is 29.3 Å². The average molecular weight is 240 g/mol. The first-order chi connectivity index (χ1) is 7.96. The Morgan fingerprint density at radius 1 is 1.12 bits per heavy atom. The Kier molecular flexibility index (Phi) is 5.94. The normalized spacial score (nSPS) is 27.4. The molecule has 1 aliphatic heterocycles. The van der Waals surface area contributed by atoms with Gasteiger partial charge in [0.1, 0.15) is 0 Å². The fourth-order valence-corrected chi connectivity index (χ4v) is 3.17. The summed E-state index contributed by atoms with van der Waals surface area (Å²) in [5.41, 5.74) is 6.09. The molecule has 0 radical (unpaired) electrons. The van der Waals surface area contributed by atoms with Crippen molar-refractivity contribution < 1.29 is 0 Å². The fraction of sp³-hybridized carbons (Fsp3) is 1.00. The lowest BCUT2D eigenvalue weighted by molar-refractivity contribution is 0.0963. The lowest BCUT2D eigenvalue weighted by Crippen LogP contribution is -2.44. The quantitative estimate of drug-likeness (QED) is 0.771. The molecule has 1 aliphatic rings. The Hall–Kier alpha value is -0.0800. The Morgan fingerprint density at radius 2 is 1.71 bits per heavy atom. The molecule has 1 heterocycles. The lowest BCUT2D eigenvalue weighted by atomic mass is 9.84. The summed E-state index contributed by atoms with van der Waals surface area (Å²) in [6.07, 6.45) is 7.96. The Balaban J connectivity index is 2.29. The number of hydrogen-bond donors (Lipinski definition) is 1. The molecule has 0 amide bonds. The molecule has 0 aromatic carbocycles. The van der Waals surface area contributed by atoms with E-state index in [1.165, 1.54) is 38.6 Å². The molecule has 1 saturated heterocycles. The van der Waals surface area contributed by atoms with E-state index in [2.05, 4.69) is 32.6 Å². The minimum Gasteiger partial charge on any atom is -0.330 e. The van der Waals surface area contributed by atoms with E-state index in [1.54, 1.807) is 0 Å². The standard InChI is InChI=1S/C15H32N2/c1-13-7-5-8-14(2)17(13)12-6-9-15(3,4)10-11-16/h13-14H,5-12,16H2,1-4H3. The van der Waals surface area contributed by atoms with E-state index in [9.17, 15) is 0 Å². The number of likely N-dealkylation sites (tertiary alicyclic amines) is 1. The second-order valence-corrected chi connectivity index (χ2v) is 6.67. The lowest BCUT2D eigenvalue weighted by Gasteiger charge is -2.39. The van der Waals surface area contributed by atoms with Crippen molar-refractivity contribution in [1.29, 1.82) is 0 Å². The first-order valence-electron chi connectivity index (χ1n) is 7.42. The van der Waals surface area contributed by atoms with Crippen LogP contribution < -0.4 is 5.73 Å². The summed E-state index contributed by atoms with van der Waals surface area (Å²) in [5, 5.41) is 0. The highest BCUT2D eigenvalue weighted by molar-refractivity contribution is 4.80. The van der Waals surface area contributed by atoms with Gasteiger partial charge in [0.15, 0.2) is 0 Å². The molecule has 2 nitrogen and oxygen atoms in total. The summed E-state index contributed by atoms with van der Waals surface area (Å²) in [6.45, 7) is 11.6. The first kappa shape index (κ1) is 15.0. The zero-order valence-electron chi connectivity index (χ0n) is 12.3. The van der Waals surface area contributed by atoms with Gasteiger partial charge in [-0.3, -0.25) is 4.90 Å². The number of piperidine rings is 1. The smallest absolute Gasteiger partial charge is 0.00697 e. The van der Waals surface area contributed by atoms with Crippen molar-refractivity contribution in [3.05, 3.63) is 0 Å². The van der Waals surface area contributed by atoms with Crippen LogP contribution in [0.4, 0.5) is 0 Å². The summed E-state index contributed by atoms with van der Waals surface area (Å²) >= 11 is 0. The molecule has 1 rings (SSSR count). The van der Waals surface area contributed by atoms with Crippen molar-refractivity contribution >= 4 is 0 Å². The average Bonchev–Trinajstić information content (AvgIpc) is 2.22. The van der Waals surface area contributed by atoms with Gasteiger partial charge in [-0.15, -0.1) is 0 Å². The molecule has 0 bridgehead atoms. The summed E-state index contributed by atoms with van der Waals surface area (Å²) in [7, 11) is 0. The van der Waals surface area contributed by atoms with Gasteiger partial charge >= 0.3 is 0 Å². The second-order valence-electron chi connectivity index (χ2n) is 6.67. The van der Waals surface area contributed by atoms with Crippen LogP contribution in [0.3, 0.4) is 0 Å². The van der Waals surface area contributed by atoms with Gasteiger partial charge in [0.2, 0.25) is 0 Å². The van der Waals surface area contributed by atoms with Crippen LogP contribution in [0.1, 0.15) is 66.2 Å². The monoisotopic (exact) mass is 240 g/mol. The molecule has 0 aromatic heterocycles. The summed E-state index contributed by atoms with van der Waals surface area (Å²) in [6, 6.07) is 1.58. The number of hydrogen-bond acceptors (Lipinski definition) is 2. The molecule has 2 unspecified atom stereocenters. The van der Waals surface area contributed by atoms with Crippen molar-refractivity contribution in [2.24, 2.45) is 11.1 Å². The zero-order valence-corrected chi connectivity index (χ0v) is 12.3. The molecule has 2 heteroatoms. The molecule has 2 atom stereocenters. The van der Waals surface area contributed by atoms with Gasteiger partial charge in [0.25, 0.3) is 0 Å². The van der Waals surface area contributed by atoms with Crippen LogP contribution in [0, 0.1) is 5.41 Å². The maximum atomic E-state index is 5.66. The van der Waals surface area contributed by atoms with Crippen LogP contribution in [-0.2, 0) is 0 Å². The minimum atomic E-state index is 0.428. The number of nitrogens with two attached hydrogens (primary N) is 1. The zero-order chi connectivity index (χ0) is 12.9. The maximum absolute atomic E-state index is 5.66. The van der Waals surface area contributed by atoms with Crippen LogP contribution in [0.25, 0.3) is 0 Å². The second kappa shape index (κ2) is 6.75. The van der Waals surface area contributed by atoms with Crippen molar-refractivity contribution in [3.63, 3.8) is 0 Å². The van der Waals surface area contributed by atoms with Gasteiger partial charge in [-0.1, -0.05) is 20.3 Å². The van der Waals surface area contributed by atoms with Crippen LogP contribution in [0.15, 0.2) is 0 Å². The molecular formula is C15H32N2. The number of rotatable bonds is 6. The Labute approximate surface area is 108 Å². The van der Waals surface area contributed by atoms with E-state index < -0.39 is 0 Å². The van der Waals surface area contributed by atoms with Crippen LogP contribution in [0.2, 0.25) is 0 Å². The largest absolute Gasteiger partial charge is 0.330 e. The van der Waals surface area contributed by atoms with E-state index >= 15 is 0 Å². The van der Waals surface area contributed by atoms with Crippen LogP contribution in [-0.4, -0.2) is 30.1 Å². The number of nitrogens with zero attached hydrogens (tertiary/aromatic N) is 1. The molecule has 102 valence electrons. The summed E-state index contributed by atoms with van der Waals surface area (Å²) in [5.74, 6) is 0. The third-order valence-corrected chi connectivity index (χ3v) is 4.47. The van der Waals surface area contributed by atoms with Crippen LogP contribution in [0.5, 0.6) is 0 Å². The van der Waals surface area contributed by atoms with Gasteiger partial charge in [0, 0.05) is 12.1 Å².